The number of carbonyl (C=O) groups is 4. The van der Waals surface area contributed by atoms with Gasteiger partial charge in [0, 0.05) is 25.7 Å². The maximum absolute atomic E-state index is 13.1. The lowest BCUT2D eigenvalue weighted by Gasteiger charge is -2.21. The Morgan fingerprint density at radius 2 is 0.412 bits per heavy atom. The molecule has 0 saturated carbocycles. The summed E-state index contributed by atoms with van der Waals surface area (Å²) >= 11 is 0. The first-order valence-corrected chi connectivity index (χ1v) is 43.8. The zero-order chi connectivity index (χ0) is 71.1. The van der Waals surface area contributed by atoms with Gasteiger partial charge in [-0.05, 0) is 25.7 Å². The Morgan fingerprint density at radius 1 is 0.247 bits per heavy atom. The molecule has 0 aromatic rings. The lowest BCUT2D eigenvalue weighted by atomic mass is 10.0. The number of aliphatic hydroxyl groups excluding tert-OH is 1. The second-order valence-corrected chi connectivity index (χ2v) is 31.0. The largest absolute Gasteiger partial charge is 0.472 e. The van der Waals surface area contributed by atoms with Crippen molar-refractivity contribution in [2.75, 3.05) is 39.6 Å². The van der Waals surface area contributed by atoms with Crippen molar-refractivity contribution in [2.24, 2.45) is 0 Å². The maximum atomic E-state index is 13.1. The van der Waals surface area contributed by atoms with Crippen LogP contribution in [0.25, 0.3) is 0 Å². The molecule has 5 atom stereocenters. The van der Waals surface area contributed by atoms with E-state index in [4.69, 9.17) is 37.0 Å². The zero-order valence-corrected chi connectivity index (χ0v) is 64.8. The van der Waals surface area contributed by atoms with Crippen molar-refractivity contribution < 1.29 is 80.2 Å². The van der Waals surface area contributed by atoms with E-state index in [1.54, 1.807) is 0 Å². The molecule has 0 spiro atoms. The molecule has 0 aliphatic heterocycles. The van der Waals surface area contributed by atoms with Crippen molar-refractivity contribution in [3.05, 3.63) is 0 Å². The third-order valence-electron chi connectivity index (χ3n) is 18.4. The van der Waals surface area contributed by atoms with E-state index in [-0.39, 0.29) is 25.7 Å². The summed E-state index contributed by atoms with van der Waals surface area (Å²) in [5.41, 5.74) is 0. The molecule has 2 unspecified atom stereocenters. The van der Waals surface area contributed by atoms with Crippen LogP contribution in [-0.4, -0.2) is 96.7 Å². The van der Waals surface area contributed by atoms with Crippen molar-refractivity contribution in [2.45, 2.75) is 438 Å². The number of phosphoric acid groups is 2. The highest BCUT2D eigenvalue weighted by molar-refractivity contribution is 7.47. The van der Waals surface area contributed by atoms with E-state index in [0.717, 1.165) is 89.9 Å². The Morgan fingerprint density at radius 3 is 0.608 bits per heavy atom. The van der Waals surface area contributed by atoms with Crippen molar-refractivity contribution in [1.29, 1.82) is 0 Å². The predicted octanol–water partition coefficient (Wildman–Crippen LogP) is 23.4. The molecule has 576 valence electrons. The fourth-order valence-corrected chi connectivity index (χ4v) is 13.7. The number of rotatable bonds is 79. The summed E-state index contributed by atoms with van der Waals surface area (Å²) in [4.78, 5) is 72.8. The summed E-state index contributed by atoms with van der Waals surface area (Å²) in [5.74, 6) is -2.11. The van der Waals surface area contributed by atoms with E-state index >= 15 is 0 Å². The first-order chi connectivity index (χ1) is 47.2. The number of carbonyl (C=O) groups excluding carboxylic acids is 4. The van der Waals surface area contributed by atoms with Crippen LogP contribution in [0.2, 0.25) is 0 Å². The minimum Gasteiger partial charge on any atom is -0.462 e. The minimum absolute atomic E-state index is 0.108. The number of hydrogen-bond acceptors (Lipinski definition) is 15. The van der Waals surface area contributed by atoms with Gasteiger partial charge in [-0.1, -0.05) is 368 Å². The van der Waals surface area contributed by atoms with Gasteiger partial charge < -0.3 is 33.8 Å². The fraction of sp³-hybridized carbons (Fsp3) is 0.949. The van der Waals surface area contributed by atoms with Gasteiger partial charge in [-0.25, -0.2) is 9.13 Å². The predicted molar refractivity (Wildman–Crippen MR) is 395 cm³/mol. The van der Waals surface area contributed by atoms with Crippen LogP contribution in [0.3, 0.4) is 0 Å². The lowest BCUT2D eigenvalue weighted by molar-refractivity contribution is -0.161. The molecule has 0 aliphatic carbocycles. The molecule has 0 radical (unpaired) electrons. The normalized spacial score (nSPS) is 13.8. The van der Waals surface area contributed by atoms with E-state index < -0.39 is 97.5 Å². The van der Waals surface area contributed by atoms with Gasteiger partial charge >= 0.3 is 39.5 Å². The van der Waals surface area contributed by atoms with Crippen molar-refractivity contribution >= 4 is 39.5 Å². The zero-order valence-electron chi connectivity index (χ0n) is 63.1. The highest BCUT2D eigenvalue weighted by Crippen LogP contribution is 2.45. The van der Waals surface area contributed by atoms with Crippen LogP contribution in [-0.2, 0) is 65.4 Å². The van der Waals surface area contributed by atoms with E-state index in [0.29, 0.717) is 25.7 Å². The van der Waals surface area contributed by atoms with Crippen LogP contribution in [0.1, 0.15) is 419 Å². The monoisotopic (exact) mass is 1420 g/mol. The van der Waals surface area contributed by atoms with E-state index in [9.17, 15) is 43.2 Å². The number of ether oxygens (including phenoxy) is 4. The Labute approximate surface area is 594 Å². The summed E-state index contributed by atoms with van der Waals surface area (Å²) in [6.07, 6.45) is 63.8. The highest BCUT2D eigenvalue weighted by Gasteiger charge is 2.30. The van der Waals surface area contributed by atoms with Crippen LogP contribution >= 0.6 is 15.6 Å². The Balaban J connectivity index is 5.20. The third kappa shape index (κ3) is 72.2. The SMILES string of the molecule is CCCCCCCCCCCCCCCCCCCCCCC(=O)O[C@H](COC(=O)CCCCCCCCCCCCCCCCCC)COP(=O)(O)OC[C@@H](O)COP(=O)(O)OC[C@@H](COC(=O)CCCCCCCCCCC)OC(=O)CCCCCCCCCCCCCC. The molecule has 17 nitrogen and oxygen atoms in total. The topological polar surface area (TPSA) is 237 Å². The highest BCUT2D eigenvalue weighted by atomic mass is 31.2. The quantitative estimate of drug-likeness (QED) is 0.0222. The maximum Gasteiger partial charge on any atom is 0.472 e. The molecular weight excluding hydrogens is 1270 g/mol. The van der Waals surface area contributed by atoms with Crippen LogP contribution in [0.4, 0.5) is 0 Å². The first-order valence-electron chi connectivity index (χ1n) is 40.8. The molecule has 19 heteroatoms. The van der Waals surface area contributed by atoms with Gasteiger partial charge in [-0.2, -0.15) is 0 Å². The van der Waals surface area contributed by atoms with E-state index in [1.807, 2.05) is 0 Å². The molecule has 0 fully saturated rings. The summed E-state index contributed by atoms with van der Waals surface area (Å²) in [7, 11) is -9.91. The second-order valence-electron chi connectivity index (χ2n) is 28.1. The summed E-state index contributed by atoms with van der Waals surface area (Å²) in [6.45, 7) is 4.99. The van der Waals surface area contributed by atoms with Gasteiger partial charge in [0.25, 0.3) is 0 Å². The molecule has 0 aliphatic rings. The molecule has 0 heterocycles. The smallest absolute Gasteiger partial charge is 0.462 e. The van der Waals surface area contributed by atoms with Gasteiger partial charge in [-0.15, -0.1) is 0 Å². The molecule has 97 heavy (non-hydrogen) atoms. The minimum atomic E-state index is -4.96. The Bertz CT molecular complexity index is 1840. The van der Waals surface area contributed by atoms with Gasteiger partial charge in [0.15, 0.2) is 12.2 Å². The number of hydrogen-bond donors (Lipinski definition) is 3. The van der Waals surface area contributed by atoms with Crippen molar-refractivity contribution in [1.82, 2.24) is 0 Å². The lowest BCUT2D eigenvalue weighted by Crippen LogP contribution is -2.30. The molecule has 0 aromatic carbocycles. The molecule has 0 saturated heterocycles. The van der Waals surface area contributed by atoms with Crippen LogP contribution in [0, 0.1) is 0 Å². The summed E-state index contributed by atoms with van der Waals surface area (Å²) in [6, 6.07) is 0. The van der Waals surface area contributed by atoms with E-state index in [1.165, 1.54) is 250 Å². The van der Waals surface area contributed by atoms with Crippen molar-refractivity contribution in [3.8, 4) is 0 Å². The molecule has 0 amide bonds. The summed E-state index contributed by atoms with van der Waals surface area (Å²) < 4.78 is 68.6. The van der Waals surface area contributed by atoms with E-state index in [2.05, 4.69) is 27.7 Å². The number of esters is 4. The third-order valence-corrected chi connectivity index (χ3v) is 20.3. The Kier molecular flexibility index (Phi) is 71.0. The molecule has 0 rings (SSSR count). The van der Waals surface area contributed by atoms with Crippen LogP contribution < -0.4 is 0 Å². The van der Waals surface area contributed by atoms with Gasteiger partial charge in [-0.3, -0.25) is 37.3 Å². The average molecular weight is 1420 g/mol. The Hall–Kier alpha value is -1.94. The molecule has 3 N–H and O–H groups in total. The van der Waals surface area contributed by atoms with Crippen LogP contribution in [0.5, 0.6) is 0 Å². The van der Waals surface area contributed by atoms with Gasteiger partial charge in [0.1, 0.15) is 19.3 Å². The summed E-state index contributed by atoms with van der Waals surface area (Å²) in [5, 5.41) is 10.6. The second kappa shape index (κ2) is 72.4. The number of phosphoric ester groups is 2. The molecule has 0 bridgehead atoms. The average Bonchev–Trinajstić information content (AvgIpc) is 1.90. The number of unbranched alkanes of at least 4 members (excludes halogenated alkanes) is 53. The number of aliphatic hydroxyl groups is 1. The fourth-order valence-electron chi connectivity index (χ4n) is 12.1. The first kappa shape index (κ1) is 95.1. The standard InChI is InChI=1S/C78H152O17P2/c1-5-9-13-17-21-25-28-31-33-35-36-37-38-40-42-45-49-53-57-61-65-78(83)95-74(69-89-76(81)63-59-55-51-47-44-41-39-34-32-29-26-22-18-14-10-6-2)71-93-97(86,87)91-67-72(79)66-90-96(84,85)92-70-73(68-88-75(80)62-58-54-50-46-24-20-16-12-8-4)94-77(82)64-60-56-52-48-43-30-27-23-19-15-11-7-3/h72-74,79H,5-71H2,1-4H3,(H,84,85)(H,86,87)/t72-,73+,74+/m0/s1. The molecule has 0 aromatic heterocycles. The van der Waals surface area contributed by atoms with Crippen molar-refractivity contribution in [3.63, 3.8) is 0 Å². The molecular formula is C78H152O17P2. The van der Waals surface area contributed by atoms with Gasteiger partial charge in [0.05, 0.1) is 26.4 Å². The van der Waals surface area contributed by atoms with Gasteiger partial charge in [0.2, 0.25) is 0 Å². The van der Waals surface area contributed by atoms with Crippen LogP contribution in [0.15, 0.2) is 0 Å².